The van der Waals surface area contributed by atoms with E-state index in [1.807, 2.05) is 6.92 Å². The topological polar surface area (TPSA) is 41.1 Å². The molecule has 0 aromatic carbocycles. The molecule has 1 saturated carbocycles. The van der Waals surface area contributed by atoms with Gasteiger partial charge in [0.25, 0.3) is 0 Å². The van der Waals surface area contributed by atoms with E-state index in [0.717, 1.165) is 23.9 Å². The van der Waals surface area contributed by atoms with Crippen molar-refractivity contribution >= 4 is 33.2 Å². The molecule has 2 N–H and O–H groups in total. The van der Waals surface area contributed by atoms with Gasteiger partial charge in [-0.2, -0.15) is 0 Å². The van der Waals surface area contributed by atoms with Crippen LogP contribution in [0.15, 0.2) is 15.9 Å². The van der Waals surface area contributed by atoms with Crippen LogP contribution in [0.2, 0.25) is 0 Å². The minimum absolute atomic E-state index is 0.123. The van der Waals surface area contributed by atoms with Gasteiger partial charge in [-0.1, -0.05) is 12.8 Å². The van der Waals surface area contributed by atoms with Crippen LogP contribution in [0.5, 0.6) is 0 Å². The maximum Gasteiger partial charge on any atom is 0.237 e. The van der Waals surface area contributed by atoms with Gasteiger partial charge in [-0.15, -0.1) is 11.3 Å². The highest BCUT2D eigenvalue weighted by molar-refractivity contribution is 9.10. The molecule has 1 unspecified atom stereocenters. The lowest BCUT2D eigenvalue weighted by molar-refractivity contribution is -0.123. The molecule has 18 heavy (non-hydrogen) atoms. The molecule has 1 aromatic rings. The Morgan fingerprint density at radius 3 is 2.89 bits per heavy atom. The van der Waals surface area contributed by atoms with Crippen LogP contribution in [0.4, 0.5) is 0 Å². The smallest absolute Gasteiger partial charge is 0.237 e. The second-order valence-corrected chi connectivity index (χ2v) is 6.74. The van der Waals surface area contributed by atoms with E-state index in [1.165, 1.54) is 17.7 Å². The van der Waals surface area contributed by atoms with Crippen LogP contribution in [-0.2, 0) is 11.3 Å². The van der Waals surface area contributed by atoms with Crippen LogP contribution in [0.3, 0.4) is 0 Å². The first-order chi connectivity index (χ1) is 8.65. The molecule has 0 aliphatic heterocycles. The van der Waals surface area contributed by atoms with Gasteiger partial charge in [0.1, 0.15) is 0 Å². The van der Waals surface area contributed by atoms with Gasteiger partial charge in [-0.05, 0) is 41.8 Å². The summed E-state index contributed by atoms with van der Waals surface area (Å²) in [4.78, 5) is 13.2. The first kappa shape index (κ1) is 14.0. The lowest BCUT2D eigenvalue weighted by atomic mass is 10.2. The van der Waals surface area contributed by atoms with Crippen LogP contribution in [0.1, 0.15) is 37.5 Å². The maximum atomic E-state index is 11.9. The standard InChI is InChI=1S/C13H19BrN2OS/c1-9(13(17)16-11-4-2-3-5-11)15-7-12-6-10(14)8-18-12/h6,8-9,11,15H,2-5,7H2,1H3,(H,16,17). The summed E-state index contributed by atoms with van der Waals surface area (Å²) in [6, 6.07) is 2.35. The fourth-order valence-corrected chi connectivity index (χ4v) is 3.59. The molecule has 1 amide bonds. The zero-order valence-corrected chi connectivity index (χ0v) is 12.9. The SMILES string of the molecule is CC(NCc1cc(Br)cs1)C(=O)NC1CCCC1. The molecule has 2 rings (SSSR count). The second kappa shape index (κ2) is 6.68. The Kier molecular flexibility index (Phi) is 5.21. The number of hydrogen-bond acceptors (Lipinski definition) is 3. The molecule has 1 atom stereocenters. The zero-order chi connectivity index (χ0) is 13.0. The van der Waals surface area contributed by atoms with Gasteiger partial charge < -0.3 is 10.6 Å². The number of carbonyl (C=O) groups is 1. The molecule has 0 spiro atoms. The Bertz CT molecular complexity index is 401. The molecule has 3 nitrogen and oxygen atoms in total. The van der Waals surface area contributed by atoms with Crippen molar-refractivity contribution in [1.29, 1.82) is 0 Å². The molecule has 0 bridgehead atoms. The molecule has 0 radical (unpaired) electrons. The van der Waals surface area contributed by atoms with E-state index in [-0.39, 0.29) is 11.9 Å². The quantitative estimate of drug-likeness (QED) is 0.871. The summed E-state index contributed by atoms with van der Waals surface area (Å²) < 4.78 is 1.10. The highest BCUT2D eigenvalue weighted by Crippen LogP contribution is 2.20. The fraction of sp³-hybridized carbons (Fsp3) is 0.615. The fourth-order valence-electron chi connectivity index (χ4n) is 2.19. The summed E-state index contributed by atoms with van der Waals surface area (Å²) in [6.45, 7) is 2.67. The van der Waals surface area contributed by atoms with Gasteiger partial charge in [0.05, 0.1) is 6.04 Å². The van der Waals surface area contributed by atoms with E-state index < -0.39 is 0 Å². The number of nitrogens with one attached hydrogen (secondary N) is 2. The third-order valence-electron chi connectivity index (χ3n) is 3.30. The predicted octanol–water partition coefficient (Wildman–Crippen LogP) is 3.05. The number of rotatable bonds is 5. The Labute approximate surface area is 120 Å². The minimum atomic E-state index is -0.133. The second-order valence-electron chi connectivity index (χ2n) is 4.82. The van der Waals surface area contributed by atoms with Gasteiger partial charge in [-0.25, -0.2) is 0 Å². The van der Waals surface area contributed by atoms with Crippen molar-refractivity contribution in [2.45, 2.75) is 51.2 Å². The molecule has 1 aliphatic carbocycles. The normalized spacial score (nSPS) is 17.9. The minimum Gasteiger partial charge on any atom is -0.352 e. The summed E-state index contributed by atoms with van der Waals surface area (Å²) >= 11 is 5.12. The summed E-state index contributed by atoms with van der Waals surface area (Å²) in [7, 11) is 0. The summed E-state index contributed by atoms with van der Waals surface area (Å²) in [5.74, 6) is 0.123. The number of amides is 1. The van der Waals surface area contributed by atoms with Crippen LogP contribution in [0.25, 0.3) is 0 Å². The van der Waals surface area contributed by atoms with Gasteiger partial charge >= 0.3 is 0 Å². The molecule has 5 heteroatoms. The molecule has 1 heterocycles. The molecule has 1 aromatic heterocycles. The van der Waals surface area contributed by atoms with Gasteiger partial charge in [0.15, 0.2) is 0 Å². The van der Waals surface area contributed by atoms with E-state index in [4.69, 9.17) is 0 Å². The number of thiophene rings is 1. The third-order valence-corrected chi connectivity index (χ3v) is 5.00. The molecule has 1 aliphatic rings. The van der Waals surface area contributed by atoms with Crippen molar-refractivity contribution in [3.8, 4) is 0 Å². The van der Waals surface area contributed by atoms with Gasteiger partial charge in [0.2, 0.25) is 5.91 Å². The van der Waals surface area contributed by atoms with Crippen LogP contribution in [-0.4, -0.2) is 18.0 Å². The van der Waals surface area contributed by atoms with E-state index in [1.54, 1.807) is 11.3 Å². The highest BCUT2D eigenvalue weighted by atomic mass is 79.9. The molecular formula is C13H19BrN2OS. The predicted molar refractivity (Wildman–Crippen MR) is 78.7 cm³/mol. The van der Waals surface area contributed by atoms with Crippen molar-refractivity contribution in [1.82, 2.24) is 10.6 Å². The van der Waals surface area contributed by atoms with E-state index in [9.17, 15) is 4.79 Å². The Hall–Kier alpha value is -0.390. The van der Waals surface area contributed by atoms with Crippen LogP contribution in [0, 0.1) is 0 Å². The number of hydrogen-bond donors (Lipinski definition) is 2. The lowest BCUT2D eigenvalue weighted by Crippen LogP contribution is -2.45. The average Bonchev–Trinajstić information content (AvgIpc) is 2.97. The number of halogens is 1. The van der Waals surface area contributed by atoms with E-state index in [2.05, 4.69) is 38.0 Å². The van der Waals surface area contributed by atoms with Crippen molar-refractivity contribution in [2.75, 3.05) is 0 Å². The summed E-state index contributed by atoms with van der Waals surface area (Å²) in [6.07, 6.45) is 4.76. The van der Waals surface area contributed by atoms with Crippen LogP contribution >= 0.6 is 27.3 Å². The molecule has 100 valence electrons. The largest absolute Gasteiger partial charge is 0.352 e. The molecule has 1 fully saturated rings. The van der Waals surface area contributed by atoms with Crippen molar-refractivity contribution in [3.05, 3.63) is 20.8 Å². The van der Waals surface area contributed by atoms with Crippen molar-refractivity contribution in [3.63, 3.8) is 0 Å². The first-order valence-corrected chi connectivity index (χ1v) is 8.09. The maximum absolute atomic E-state index is 11.9. The Morgan fingerprint density at radius 1 is 1.56 bits per heavy atom. The first-order valence-electron chi connectivity index (χ1n) is 6.42. The van der Waals surface area contributed by atoms with E-state index >= 15 is 0 Å². The highest BCUT2D eigenvalue weighted by Gasteiger charge is 2.20. The van der Waals surface area contributed by atoms with Crippen molar-refractivity contribution in [2.24, 2.45) is 0 Å². The van der Waals surface area contributed by atoms with Crippen molar-refractivity contribution < 1.29 is 4.79 Å². The average molecular weight is 331 g/mol. The lowest BCUT2D eigenvalue weighted by Gasteiger charge is -2.17. The zero-order valence-electron chi connectivity index (χ0n) is 10.5. The summed E-state index contributed by atoms with van der Waals surface area (Å²) in [5.41, 5.74) is 0. The monoisotopic (exact) mass is 330 g/mol. The van der Waals surface area contributed by atoms with Gasteiger partial charge in [0, 0.05) is 27.3 Å². The molecule has 0 saturated heterocycles. The van der Waals surface area contributed by atoms with E-state index in [0.29, 0.717) is 6.04 Å². The number of carbonyl (C=O) groups excluding carboxylic acids is 1. The third kappa shape index (κ3) is 4.07. The summed E-state index contributed by atoms with van der Waals surface area (Å²) in [5, 5.41) is 8.43. The van der Waals surface area contributed by atoms with Crippen LogP contribution < -0.4 is 10.6 Å². The van der Waals surface area contributed by atoms with Gasteiger partial charge in [-0.3, -0.25) is 4.79 Å². The Balaban J connectivity index is 1.73. The molecular weight excluding hydrogens is 312 g/mol. The Morgan fingerprint density at radius 2 is 2.28 bits per heavy atom.